The second-order valence-electron chi connectivity index (χ2n) is 2.95. The highest BCUT2D eigenvalue weighted by Crippen LogP contribution is 2.02. The van der Waals surface area contributed by atoms with Crippen LogP contribution >= 0.6 is 30.3 Å². The van der Waals surface area contributed by atoms with Gasteiger partial charge in [0.15, 0.2) is 0 Å². The van der Waals surface area contributed by atoms with E-state index in [-0.39, 0.29) is 18.3 Å². The molecule has 0 aliphatic rings. The van der Waals surface area contributed by atoms with Gasteiger partial charge in [-0.25, -0.2) is 9.11 Å². The molecule has 0 saturated carbocycles. The Morgan fingerprint density at radius 2 is 2.06 bits per heavy atom. The van der Waals surface area contributed by atoms with Crippen LogP contribution in [0.5, 0.6) is 0 Å². The highest BCUT2D eigenvalue weighted by molar-refractivity contribution is 14.2. The molecule has 0 unspecified atom stereocenters. The molecular formula is C11H15FINO2S. The first-order valence-electron chi connectivity index (χ1n) is 4.95. The minimum absolute atomic E-state index is 0.160. The molecule has 96 valence electrons. The summed E-state index contributed by atoms with van der Waals surface area (Å²) in [5.41, 5.74) is 1.18. The largest absolute Gasteiger partial charge is 0.468 e. The summed E-state index contributed by atoms with van der Waals surface area (Å²) in [7, 11) is 2.73. The summed E-state index contributed by atoms with van der Waals surface area (Å²) in [4.78, 5) is 10.3. The molecule has 1 rings (SSSR count). The van der Waals surface area contributed by atoms with Crippen LogP contribution in [0.1, 0.15) is 12.5 Å². The predicted octanol–water partition coefficient (Wildman–Crippen LogP) is 3.14. The smallest absolute Gasteiger partial charge is 0.320 e. The third-order valence-corrected chi connectivity index (χ3v) is 3.01. The molecule has 0 heterocycles. The van der Waals surface area contributed by atoms with Crippen molar-refractivity contribution in [3.63, 3.8) is 0 Å². The third-order valence-electron chi connectivity index (χ3n) is 1.82. The summed E-state index contributed by atoms with van der Waals surface area (Å²) >= 11 is 2.03. The molecule has 0 atom stereocenters. The van der Waals surface area contributed by atoms with Crippen LogP contribution in [0.2, 0.25) is 0 Å². The molecule has 1 aromatic rings. The Kier molecular flexibility index (Phi) is 10.6. The number of ether oxygens (including phenoxy) is 1. The molecule has 0 aliphatic carbocycles. The van der Waals surface area contributed by atoms with Crippen molar-refractivity contribution in [3.8, 4) is 0 Å². The topological polar surface area (TPSA) is 38.3 Å². The van der Waals surface area contributed by atoms with E-state index in [1.54, 1.807) is 12.1 Å². The number of rotatable bonds is 4. The lowest BCUT2D eigenvalue weighted by molar-refractivity contribution is -0.139. The zero-order valence-electron chi connectivity index (χ0n) is 9.70. The number of hydrogen-bond acceptors (Lipinski definition) is 4. The van der Waals surface area contributed by atoms with Gasteiger partial charge >= 0.3 is 5.97 Å². The highest BCUT2D eigenvalue weighted by Gasteiger charge is 1.95. The molecule has 17 heavy (non-hydrogen) atoms. The normalized spacial score (nSPS) is 9.18. The van der Waals surface area contributed by atoms with Crippen molar-refractivity contribution in [2.75, 3.05) is 13.7 Å². The Balaban J connectivity index is 0.000000304. The van der Waals surface area contributed by atoms with Crippen LogP contribution in [0, 0.1) is 5.82 Å². The van der Waals surface area contributed by atoms with Gasteiger partial charge in [0.2, 0.25) is 0 Å². The van der Waals surface area contributed by atoms with Gasteiger partial charge in [-0.1, -0.05) is 19.1 Å². The van der Waals surface area contributed by atoms with Crippen LogP contribution in [-0.4, -0.2) is 19.6 Å². The average Bonchev–Trinajstić information content (AvgIpc) is 2.37. The van der Waals surface area contributed by atoms with E-state index in [2.05, 4.69) is 9.46 Å². The molecule has 0 amide bonds. The van der Waals surface area contributed by atoms with Crippen LogP contribution in [0.3, 0.4) is 0 Å². The van der Waals surface area contributed by atoms with E-state index in [9.17, 15) is 9.18 Å². The molecule has 6 heteroatoms. The second-order valence-corrected chi connectivity index (χ2v) is 4.72. The Morgan fingerprint density at radius 1 is 1.47 bits per heavy atom. The van der Waals surface area contributed by atoms with Crippen molar-refractivity contribution >= 4 is 36.3 Å². The zero-order valence-corrected chi connectivity index (χ0v) is 12.7. The number of carbonyl (C=O) groups excluding carboxylic acids is 1. The third kappa shape index (κ3) is 9.37. The maximum atomic E-state index is 12.2. The number of halogens is 2. The molecule has 0 spiro atoms. The first-order chi connectivity index (χ1) is 8.13. The standard InChI is InChI=1S/C8H9F.C3H6INO2S/c1-2-7-3-5-8(9)6-4-7;1-7-3(6)2-5-8-4/h3-6H,2H2,1H3;5H,2H2,1H3. The molecule has 0 aromatic heterocycles. The van der Waals surface area contributed by atoms with E-state index in [1.165, 1.54) is 33.9 Å². The lowest BCUT2D eigenvalue weighted by atomic mass is 10.2. The number of esters is 1. The lowest BCUT2D eigenvalue weighted by Gasteiger charge is -1.94. The first-order valence-corrected chi connectivity index (χ1v) is 8.31. The maximum absolute atomic E-state index is 12.2. The van der Waals surface area contributed by atoms with Gasteiger partial charge in [-0.3, -0.25) is 4.79 Å². The van der Waals surface area contributed by atoms with Gasteiger partial charge in [-0.2, -0.15) is 0 Å². The SMILES string of the molecule is CCc1ccc(F)cc1.COC(=O)CNSI. The summed E-state index contributed by atoms with van der Waals surface area (Å²) in [6.07, 6.45) is 0.972. The number of hydrogen-bond donors (Lipinski definition) is 1. The van der Waals surface area contributed by atoms with Gasteiger partial charge in [0.05, 0.1) is 7.11 Å². The van der Waals surface area contributed by atoms with Crippen LogP contribution in [-0.2, 0) is 16.0 Å². The number of carbonyl (C=O) groups is 1. The molecule has 0 fully saturated rings. The highest BCUT2D eigenvalue weighted by atomic mass is 127. The van der Waals surface area contributed by atoms with Gasteiger partial charge in [0.25, 0.3) is 0 Å². The Bertz CT molecular complexity index is 322. The van der Waals surface area contributed by atoms with E-state index < -0.39 is 0 Å². The van der Waals surface area contributed by atoms with Crippen LogP contribution < -0.4 is 4.72 Å². The zero-order chi connectivity index (χ0) is 13.1. The summed E-state index contributed by atoms with van der Waals surface area (Å²) in [6, 6.07) is 6.57. The van der Waals surface area contributed by atoms with Gasteiger partial charge in [0, 0.05) is 21.2 Å². The Hall–Kier alpha value is -0.340. The first kappa shape index (κ1) is 16.7. The fourth-order valence-corrected chi connectivity index (χ4v) is 1.52. The van der Waals surface area contributed by atoms with E-state index in [4.69, 9.17) is 0 Å². The van der Waals surface area contributed by atoms with Crippen molar-refractivity contribution in [2.24, 2.45) is 0 Å². The van der Waals surface area contributed by atoms with Gasteiger partial charge < -0.3 is 4.74 Å². The molecule has 1 N–H and O–H groups in total. The van der Waals surface area contributed by atoms with Crippen molar-refractivity contribution in [3.05, 3.63) is 35.6 Å². The summed E-state index contributed by atoms with van der Waals surface area (Å²) in [5.74, 6) is -0.402. The van der Waals surface area contributed by atoms with Crippen molar-refractivity contribution in [1.29, 1.82) is 0 Å². The molecule has 0 radical (unpaired) electrons. The quantitative estimate of drug-likeness (QED) is 0.502. The van der Waals surface area contributed by atoms with Gasteiger partial charge in [0.1, 0.15) is 12.4 Å². The minimum atomic E-state index is -0.242. The summed E-state index contributed by atoms with van der Waals surface area (Å²) in [6.45, 7) is 2.32. The van der Waals surface area contributed by atoms with Crippen LogP contribution in [0.25, 0.3) is 0 Å². The number of methoxy groups -OCH3 is 1. The lowest BCUT2D eigenvalue weighted by Crippen LogP contribution is -2.16. The average molecular weight is 371 g/mol. The predicted molar refractivity (Wildman–Crippen MR) is 77.4 cm³/mol. The summed E-state index contributed by atoms with van der Waals surface area (Å²) in [5, 5.41) is 0. The monoisotopic (exact) mass is 371 g/mol. The van der Waals surface area contributed by atoms with Crippen molar-refractivity contribution < 1.29 is 13.9 Å². The second kappa shape index (κ2) is 10.8. The van der Waals surface area contributed by atoms with Crippen LogP contribution in [0.4, 0.5) is 4.39 Å². The fraction of sp³-hybridized carbons (Fsp3) is 0.364. The molecule has 0 saturated heterocycles. The minimum Gasteiger partial charge on any atom is -0.468 e. The number of nitrogens with one attached hydrogen (secondary N) is 1. The van der Waals surface area contributed by atoms with E-state index in [0.717, 1.165) is 6.42 Å². The van der Waals surface area contributed by atoms with Gasteiger partial charge in [-0.15, -0.1) is 0 Å². The van der Waals surface area contributed by atoms with Crippen LogP contribution in [0.15, 0.2) is 24.3 Å². The fourth-order valence-electron chi connectivity index (χ4n) is 0.878. The molecular weight excluding hydrogens is 356 g/mol. The van der Waals surface area contributed by atoms with Crippen molar-refractivity contribution in [1.82, 2.24) is 4.72 Å². The maximum Gasteiger partial charge on any atom is 0.320 e. The van der Waals surface area contributed by atoms with Gasteiger partial charge in [-0.05, 0) is 33.2 Å². The van der Waals surface area contributed by atoms with E-state index in [0.29, 0.717) is 0 Å². The molecule has 0 bridgehead atoms. The molecule has 1 aromatic carbocycles. The Morgan fingerprint density at radius 3 is 2.47 bits per heavy atom. The molecule has 0 aliphatic heterocycles. The Labute approximate surface area is 117 Å². The van der Waals surface area contributed by atoms with E-state index in [1.807, 2.05) is 28.1 Å². The van der Waals surface area contributed by atoms with Crippen molar-refractivity contribution in [2.45, 2.75) is 13.3 Å². The van der Waals surface area contributed by atoms with E-state index >= 15 is 0 Å². The number of aryl methyl sites for hydroxylation is 1. The molecule has 3 nitrogen and oxygen atoms in total. The summed E-state index contributed by atoms with van der Waals surface area (Å²) < 4.78 is 19.3. The number of benzene rings is 1.